The number of allylic oxidation sites excluding steroid dienone is 8. The average Bonchev–Trinajstić information content (AvgIpc) is 2.15. The molecule has 17 heavy (non-hydrogen) atoms. The topological polar surface area (TPSA) is 0 Å². The van der Waals surface area contributed by atoms with Crippen LogP contribution in [0.5, 0.6) is 0 Å². The predicted octanol–water partition coefficient (Wildman–Crippen LogP) is 5.34. The first-order valence-electron chi connectivity index (χ1n) is 6.60. The smallest absolute Gasteiger partial charge is 0.0882 e. The Labute approximate surface area is 120 Å². The molecule has 0 radical (unpaired) electrons. The van der Waals surface area contributed by atoms with Crippen molar-refractivity contribution in [2.45, 2.75) is 51.4 Å². The zero-order chi connectivity index (χ0) is 11.3. The van der Waals surface area contributed by atoms with Crippen LogP contribution in [0, 0.1) is 0 Å². The van der Waals surface area contributed by atoms with Crippen LogP contribution in [-0.4, -0.2) is 0 Å². The van der Waals surface area contributed by atoms with Gasteiger partial charge in [0.1, 0.15) is 0 Å². The predicted molar refractivity (Wildman–Crippen MR) is 73.5 cm³/mol. The van der Waals surface area contributed by atoms with Gasteiger partial charge in [-0.3, -0.25) is 0 Å². The summed E-state index contributed by atoms with van der Waals surface area (Å²) in [5.74, 6) is 0. The van der Waals surface area contributed by atoms with Crippen molar-refractivity contribution < 1.29 is 20.1 Å². The van der Waals surface area contributed by atoms with Gasteiger partial charge in [0, 0.05) is 0 Å². The fourth-order valence-electron chi connectivity index (χ4n) is 1.71. The van der Waals surface area contributed by atoms with Gasteiger partial charge < -0.3 is 0 Å². The van der Waals surface area contributed by atoms with Gasteiger partial charge in [-0.25, -0.2) is 0 Å². The van der Waals surface area contributed by atoms with Gasteiger partial charge in [0.15, 0.2) is 0 Å². The minimum Gasteiger partial charge on any atom is -0.0882 e. The van der Waals surface area contributed by atoms with Crippen LogP contribution in [0.15, 0.2) is 48.6 Å². The molecule has 0 nitrogen and oxygen atoms in total. The van der Waals surface area contributed by atoms with E-state index in [-0.39, 0.29) is 20.1 Å². The zero-order valence-corrected chi connectivity index (χ0v) is 13.0. The molecule has 1 heteroatoms. The molecule has 0 unspecified atom stereocenters. The van der Waals surface area contributed by atoms with Crippen LogP contribution >= 0.6 is 0 Å². The molecule has 2 rings (SSSR count). The first kappa shape index (κ1) is 16.6. The number of hydrogen-bond donors (Lipinski definition) is 0. The van der Waals surface area contributed by atoms with Crippen molar-refractivity contribution in [3.05, 3.63) is 48.6 Å². The maximum Gasteiger partial charge on any atom is 1.00 e. The quantitative estimate of drug-likeness (QED) is 0.475. The van der Waals surface area contributed by atoms with Crippen LogP contribution in [-0.2, 0) is 20.1 Å². The Balaban J connectivity index is 0.000000284. The Morgan fingerprint density at radius 1 is 0.294 bits per heavy atom. The van der Waals surface area contributed by atoms with Gasteiger partial charge in [-0.1, -0.05) is 48.6 Å². The molecule has 2 aliphatic carbocycles. The molecule has 0 fully saturated rings. The van der Waals surface area contributed by atoms with E-state index < -0.39 is 0 Å². The van der Waals surface area contributed by atoms with Crippen molar-refractivity contribution in [3.8, 4) is 0 Å². The molecule has 96 valence electrons. The molecule has 0 spiro atoms. The van der Waals surface area contributed by atoms with Crippen LogP contribution < -0.4 is 0 Å². The molecule has 0 aromatic heterocycles. The summed E-state index contributed by atoms with van der Waals surface area (Å²) in [6.45, 7) is 0. The molecule has 0 heterocycles. The van der Waals surface area contributed by atoms with Crippen LogP contribution in [0.1, 0.15) is 51.4 Å². The van der Waals surface area contributed by atoms with E-state index >= 15 is 0 Å². The van der Waals surface area contributed by atoms with E-state index in [9.17, 15) is 0 Å². The van der Waals surface area contributed by atoms with Crippen molar-refractivity contribution in [3.63, 3.8) is 0 Å². The van der Waals surface area contributed by atoms with E-state index in [0.29, 0.717) is 0 Å². The Morgan fingerprint density at radius 3 is 0.529 bits per heavy atom. The summed E-state index contributed by atoms with van der Waals surface area (Å²) in [4.78, 5) is 0. The monoisotopic (exact) mass is 409 g/mol. The minimum atomic E-state index is 0. The van der Waals surface area contributed by atoms with Gasteiger partial charge in [-0.05, 0) is 51.4 Å². The molecule has 0 atom stereocenters. The fraction of sp³-hybridized carbons (Fsp3) is 0.500. The van der Waals surface area contributed by atoms with Gasteiger partial charge >= 0.3 is 20.1 Å². The van der Waals surface area contributed by atoms with E-state index in [1.807, 2.05) is 0 Å². The van der Waals surface area contributed by atoms with Crippen molar-refractivity contribution in [2.24, 2.45) is 0 Å². The molecule has 0 saturated carbocycles. The van der Waals surface area contributed by atoms with Crippen LogP contribution in [0.25, 0.3) is 0 Å². The van der Waals surface area contributed by atoms with Gasteiger partial charge in [-0.15, -0.1) is 0 Å². The average molecular weight is 409 g/mol. The molecule has 0 aromatic carbocycles. The van der Waals surface area contributed by atoms with Crippen LogP contribution in [0.3, 0.4) is 0 Å². The molecular formula is C16H24Ir+. The maximum absolute atomic E-state index is 2.27. The summed E-state index contributed by atoms with van der Waals surface area (Å²) in [6.07, 6.45) is 28.0. The summed E-state index contributed by atoms with van der Waals surface area (Å²) in [7, 11) is 0. The number of rotatable bonds is 0. The van der Waals surface area contributed by atoms with Crippen molar-refractivity contribution >= 4 is 0 Å². The molecule has 0 N–H and O–H groups in total. The summed E-state index contributed by atoms with van der Waals surface area (Å²) >= 11 is 0. The zero-order valence-electron chi connectivity index (χ0n) is 10.6. The standard InChI is InChI=1S/2C8H12.Ir/c2*1-2-4-6-8-7-5-3-1;/h2*1-2,7-8H,3-6H2;/q;;+1. The van der Waals surface area contributed by atoms with Crippen LogP contribution in [0.4, 0.5) is 0 Å². The van der Waals surface area contributed by atoms with Crippen molar-refractivity contribution in [1.82, 2.24) is 0 Å². The Morgan fingerprint density at radius 2 is 0.412 bits per heavy atom. The van der Waals surface area contributed by atoms with E-state index in [0.717, 1.165) is 0 Å². The van der Waals surface area contributed by atoms with Crippen LogP contribution in [0.2, 0.25) is 0 Å². The second-order valence-electron chi connectivity index (χ2n) is 4.20. The van der Waals surface area contributed by atoms with Gasteiger partial charge in [0.25, 0.3) is 0 Å². The largest absolute Gasteiger partial charge is 1.00 e. The van der Waals surface area contributed by atoms with Gasteiger partial charge in [0.2, 0.25) is 0 Å². The molecule has 0 saturated heterocycles. The third-order valence-electron chi connectivity index (χ3n) is 2.67. The second-order valence-corrected chi connectivity index (χ2v) is 4.20. The summed E-state index contributed by atoms with van der Waals surface area (Å²) in [6, 6.07) is 0. The number of hydrogen-bond acceptors (Lipinski definition) is 0. The molecule has 0 aromatic rings. The molecule has 2 aliphatic rings. The Hall–Kier alpha value is -0.391. The molecule has 0 amide bonds. The summed E-state index contributed by atoms with van der Waals surface area (Å²) in [5.41, 5.74) is 0. The second kappa shape index (κ2) is 13.7. The summed E-state index contributed by atoms with van der Waals surface area (Å²) < 4.78 is 0. The minimum absolute atomic E-state index is 0. The SMILES string of the molecule is C1=CCCC=CCC1.C1=CCCC=CCC1.[Ir+]. The third-order valence-corrected chi connectivity index (χ3v) is 2.67. The maximum atomic E-state index is 2.27. The Bertz CT molecular complexity index is 179. The first-order valence-corrected chi connectivity index (χ1v) is 6.60. The van der Waals surface area contributed by atoms with Crippen molar-refractivity contribution in [2.75, 3.05) is 0 Å². The van der Waals surface area contributed by atoms with E-state index in [2.05, 4.69) is 48.6 Å². The molecular weight excluding hydrogens is 384 g/mol. The van der Waals surface area contributed by atoms with Gasteiger partial charge in [0.05, 0.1) is 0 Å². The third kappa shape index (κ3) is 11.9. The van der Waals surface area contributed by atoms with Gasteiger partial charge in [-0.2, -0.15) is 0 Å². The fourth-order valence-corrected chi connectivity index (χ4v) is 1.71. The Kier molecular flexibility index (Phi) is 13.4. The van der Waals surface area contributed by atoms with E-state index in [1.54, 1.807) is 0 Å². The summed E-state index contributed by atoms with van der Waals surface area (Å²) in [5, 5.41) is 0. The first-order chi connectivity index (χ1) is 8.00. The normalized spacial score (nSPS) is 18.8. The van der Waals surface area contributed by atoms with E-state index in [1.165, 1.54) is 51.4 Å². The molecule has 0 aliphatic heterocycles. The van der Waals surface area contributed by atoms with Crippen molar-refractivity contribution in [1.29, 1.82) is 0 Å². The van der Waals surface area contributed by atoms with E-state index in [4.69, 9.17) is 0 Å². The molecule has 0 bridgehead atoms.